The fourth-order valence-corrected chi connectivity index (χ4v) is 5.56. The smallest absolute Gasteiger partial charge is 0.416 e. The lowest BCUT2D eigenvalue weighted by molar-refractivity contribution is -0.141. The Morgan fingerprint density at radius 3 is 2.85 bits per heavy atom. The summed E-state index contributed by atoms with van der Waals surface area (Å²) >= 11 is 6.83. The van der Waals surface area contributed by atoms with Crippen molar-refractivity contribution in [1.82, 2.24) is 14.9 Å². The minimum Gasteiger partial charge on any atom is -0.461 e. The quantitative estimate of drug-likeness (QED) is 0.496. The van der Waals surface area contributed by atoms with E-state index in [-0.39, 0.29) is 29.8 Å². The van der Waals surface area contributed by atoms with Crippen molar-refractivity contribution >= 4 is 29.0 Å². The van der Waals surface area contributed by atoms with Crippen molar-refractivity contribution in [2.75, 3.05) is 31.2 Å². The summed E-state index contributed by atoms with van der Waals surface area (Å²) in [7, 11) is 0. The molecule has 1 aromatic heterocycles. The Balaban J connectivity index is 1.40. The molecule has 0 spiro atoms. The number of hydrogen-bond donors (Lipinski definition) is 0. The Hall–Kier alpha value is -3.15. The summed E-state index contributed by atoms with van der Waals surface area (Å²) in [6.07, 6.45) is 0.442. The molecule has 39 heavy (non-hydrogen) atoms. The third-order valence-electron chi connectivity index (χ3n) is 6.97. The first-order chi connectivity index (χ1) is 18.6. The first-order valence-corrected chi connectivity index (χ1v) is 13.2. The number of rotatable bonds is 5. The third kappa shape index (κ3) is 5.22. The van der Waals surface area contributed by atoms with Crippen LogP contribution in [-0.4, -0.2) is 64.9 Å². The van der Waals surface area contributed by atoms with Gasteiger partial charge in [0.25, 0.3) is 0 Å². The first-order valence-electron chi connectivity index (χ1n) is 12.8. The van der Waals surface area contributed by atoms with Crippen LogP contribution in [-0.2, 0) is 15.7 Å². The molecule has 8 nitrogen and oxygen atoms in total. The van der Waals surface area contributed by atoms with Crippen LogP contribution in [0.5, 0.6) is 6.01 Å². The van der Waals surface area contributed by atoms with E-state index in [0.29, 0.717) is 29.5 Å². The predicted molar refractivity (Wildman–Crippen MR) is 139 cm³/mol. The van der Waals surface area contributed by atoms with E-state index in [4.69, 9.17) is 30.8 Å². The number of hydrogen-bond acceptors (Lipinski definition) is 8. The van der Waals surface area contributed by atoms with Gasteiger partial charge in [-0.15, -0.1) is 0 Å². The summed E-state index contributed by atoms with van der Waals surface area (Å²) < 4.78 is 58.1. The van der Waals surface area contributed by atoms with Gasteiger partial charge in [-0.1, -0.05) is 23.7 Å². The highest BCUT2D eigenvalue weighted by Gasteiger charge is 2.39. The van der Waals surface area contributed by atoms with E-state index in [1.165, 1.54) is 12.3 Å². The topological polar surface area (TPSA) is 72.3 Å². The number of halogens is 4. The molecule has 0 aliphatic carbocycles. The summed E-state index contributed by atoms with van der Waals surface area (Å²) in [4.78, 5) is 17.8. The van der Waals surface area contributed by atoms with Gasteiger partial charge in [-0.25, -0.2) is 4.98 Å². The molecule has 206 valence electrons. The van der Waals surface area contributed by atoms with Crippen molar-refractivity contribution in [2.24, 2.45) is 4.99 Å². The average Bonchev–Trinajstić information content (AvgIpc) is 3.26. The fraction of sp³-hybridized carbons (Fsp3) is 0.444. The summed E-state index contributed by atoms with van der Waals surface area (Å²) in [5.74, 6) is 0.267. The minimum atomic E-state index is -4.51. The van der Waals surface area contributed by atoms with Gasteiger partial charge in [-0.3, -0.25) is 9.89 Å². The number of aliphatic imine (C=N–C) groups is 1. The van der Waals surface area contributed by atoms with E-state index in [9.17, 15) is 13.2 Å². The maximum Gasteiger partial charge on any atom is 0.416 e. The Kier molecular flexibility index (Phi) is 6.55. The number of nitrogens with zero attached hydrogens (tertiary/aromatic N) is 5. The number of alkyl halides is 3. The van der Waals surface area contributed by atoms with Gasteiger partial charge >= 0.3 is 12.2 Å². The molecule has 2 saturated heterocycles. The lowest BCUT2D eigenvalue weighted by Gasteiger charge is -2.44. The minimum absolute atomic E-state index is 0.0634. The SMILES string of the molecule is CC1(C)OC[C@H](COc2nccc(N3C4=N[C@H]5CCCN(C5)C4=CC(Cl)=C3c3cccc(C(F)(F)F)c3)n2)O1. The van der Waals surface area contributed by atoms with Crippen molar-refractivity contribution < 1.29 is 27.4 Å². The number of allylic oxidation sites excluding steroid dienone is 2. The Labute approximate surface area is 228 Å². The first kappa shape index (κ1) is 26.1. The predicted octanol–water partition coefficient (Wildman–Crippen LogP) is 5.21. The van der Waals surface area contributed by atoms with E-state index in [0.717, 1.165) is 43.8 Å². The molecule has 2 bridgehead atoms. The summed E-state index contributed by atoms with van der Waals surface area (Å²) in [5.41, 5.74) is 0.682. The van der Waals surface area contributed by atoms with Crippen LogP contribution < -0.4 is 9.64 Å². The van der Waals surface area contributed by atoms with Crippen LogP contribution in [0.1, 0.15) is 37.8 Å². The molecule has 4 aliphatic heterocycles. The largest absolute Gasteiger partial charge is 0.461 e. The van der Waals surface area contributed by atoms with E-state index in [1.54, 1.807) is 23.1 Å². The molecule has 1 aromatic carbocycles. The molecule has 12 heteroatoms. The highest BCUT2D eigenvalue weighted by molar-refractivity contribution is 6.38. The van der Waals surface area contributed by atoms with Crippen molar-refractivity contribution in [3.05, 3.63) is 64.5 Å². The molecule has 0 radical (unpaired) electrons. The Morgan fingerprint density at radius 2 is 2.08 bits per heavy atom. The van der Waals surface area contributed by atoms with E-state index >= 15 is 0 Å². The molecule has 0 saturated carbocycles. The number of piperidine rings is 1. The third-order valence-corrected chi connectivity index (χ3v) is 7.26. The summed E-state index contributed by atoms with van der Waals surface area (Å²) in [5, 5.41) is 0.284. The van der Waals surface area contributed by atoms with Crippen molar-refractivity contribution in [1.29, 1.82) is 0 Å². The zero-order valence-electron chi connectivity index (χ0n) is 21.4. The van der Waals surface area contributed by atoms with Crippen molar-refractivity contribution in [3.8, 4) is 6.01 Å². The lowest BCUT2D eigenvalue weighted by Crippen LogP contribution is -2.49. The van der Waals surface area contributed by atoms with E-state index in [2.05, 4.69) is 14.9 Å². The lowest BCUT2D eigenvalue weighted by atomic mass is 9.98. The van der Waals surface area contributed by atoms with Crippen LogP contribution in [0.3, 0.4) is 0 Å². The molecule has 0 unspecified atom stereocenters. The van der Waals surface area contributed by atoms with Gasteiger partial charge in [0.05, 0.1) is 34.6 Å². The number of benzene rings is 1. The molecule has 6 rings (SSSR count). The maximum absolute atomic E-state index is 13.6. The number of ether oxygens (including phenoxy) is 3. The van der Waals surface area contributed by atoms with E-state index < -0.39 is 17.5 Å². The molecule has 2 fully saturated rings. The highest BCUT2D eigenvalue weighted by atomic mass is 35.5. The zero-order valence-corrected chi connectivity index (χ0v) is 22.2. The molecular formula is C27H27ClF3N5O3. The Bertz CT molecular complexity index is 1380. The molecule has 2 atom stereocenters. The molecule has 0 N–H and O–H groups in total. The van der Waals surface area contributed by atoms with Gasteiger partial charge in [0, 0.05) is 30.9 Å². The second kappa shape index (κ2) is 9.79. The van der Waals surface area contributed by atoms with Crippen LogP contribution in [0.4, 0.5) is 19.0 Å². The molecule has 0 amide bonds. The highest BCUT2D eigenvalue weighted by Crippen LogP contribution is 2.41. The normalized spacial score (nSPS) is 24.4. The van der Waals surface area contributed by atoms with Gasteiger partial charge in [0.1, 0.15) is 18.5 Å². The Morgan fingerprint density at radius 1 is 1.23 bits per heavy atom. The van der Waals surface area contributed by atoms with Crippen LogP contribution in [0.15, 0.2) is 58.3 Å². The standard InChI is InChI=1S/C27H27ClF3N5O3/c1-26(2)38-15-19(39-26)14-37-25-32-9-8-22(34-25)36-23(16-5-3-6-17(11-16)27(29,30)31)20(28)12-21-24(36)33-18-7-4-10-35(21)13-18/h3,5-6,8-9,11-12,18-19H,4,7,10,13-15H2,1-2H3/t18-,19-/m0/s1. The monoisotopic (exact) mass is 561 g/mol. The second-order valence-corrected chi connectivity index (χ2v) is 10.7. The van der Waals surface area contributed by atoms with Gasteiger partial charge in [-0.2, -0.15) is 18.2 Å². The zero-order chi connectivity index (χ0) is 27.4. The van der Waals surface area contributed by atoms with Gasteiger partial charge in [-0.05, 0) is 44.9 Å². The molecular weight excluding hydrogens is 535 g/mol. The maximum atomic E-state index is 13.6. The number of amidine groups is 1. The number of anilines is 1. The van der Waals surface area contributed by atoms with Crippen molar-refractivity contribution in [2.45, 2.75) is 50.8 Å². The van der Waals surface area contributed by atoms with Crippen LogP contribution in [0.2, 0.25) is 0 Å². The van der Waals surface area contributed by atoms with Gasteiger partial charge in [0.2, 0.25) is 0 Å². The van der Waals surface area contributed by atoms with Crippen molar-refractivity contribution in [3.63, 3.8) is 0 Å². The summed E-state index contributed by atoms with van der Waals surface area (Å²) in [6.45, 7) is 5.81. The number of aromatic nitrogens is 2. The van der Waals surface area contributed by atoms with Crippen LogP contribution >= 0.6 is 11.6 Å². The average molecular weight is 562 g/mol. The van der Waals surface area contributed by atoms with Crippen LogP contribution in [0.25, 0.3) is 5.70 Å². The van der Waals surface area contributed by atoms with Gasteiger partial charge in [0.15, 0.2) is 11.6 Å². The van der Waals surface area contributed by atoms with E-state index in [1.807, 2.05) is 13.8 Å². The number of fused-ring (bicyclic) bond motifs is 4. The summed E-state index contributed by atoms with van der Waals surface area (Å²) in [6, 6.07) is 6.91. The van der Waals surface area contributed by atoms with Crippen LogP contribution in [0, 0.1) is 0 Å². The molecule has 2 aromatic rings. The molecule has 4 aliphatic rings. The fourth-order valence-electron chi connectivity index (χ4n) is 5.26. The molecule has 5 heterocycles. The second-order valence-electron chi connectivity index (χ2n) is 10.3. The van der Waals surface area contributed by atoms with Gasteiger partial charge < -0.3 is 19.1 Å².